The molecular weight excluding hydrogens is 301 g/mol. The summed E-state index contributed by atoms with van der Waals surface area (Å²) in [5.41, 5.74) is 0.470. The third kappa shape index (κ3) is 5.52. The number of nitrogens with one attached hydrogen (secondary N) is 2. The molecule has 23 heavy (non-hydrogen) atoms. The minimum Gasteiger partial charge on any atom is -0.450 e. The van der Waals surface area contributed by atoms with E-state index in [1.165, 1.54) is 17.0 Å². The molecule has 0 bridgehead atoms. The van der Waals surface area contributed by atoms with Crippen molar-refractivity contribution in [2.45, 2.75) is 13.3 Å². The fraction of sp³-hybridized carbons (Fsp3) is 0.500. The number of halogens is 1. The Morgan fingerprint density at radius 1 is 1.35 bits per heavy atom. The molecule has 0 radical (unpaired) electrons. The molecule has 0 aliphatic carbocycles. The van der Waals surface area contributed by atoms with Crippen LogP contribution >= 0.6 is 0 Å². The van der Waals surface area contributed by atoms with E-state index < -0.39 is 0 Å². The molecule has 7 heteroatoms. The molecular formula is C16H23FN3O3+. The maximum atomic E-state index is 13.1. The normalized spacial score (nSPS) is 15.3. The molecule has 6 nitrogen and oxygen atoms in total. The SMILES string of the molecule is CCOC(=O)N1CC[NH+](CCC(=O)Nc2cccc(F)c2)CC1. The molecule has 0 aromatic heterocycles. The fourth-order valence-corrected chi connectivity index (χ4v) is 2.55. The third-order valence-corrected chi connectivity index (χ3v) is 3.81. The smallest absolute Gasteiger partial charge is 0.410 e. The molecule has 1 fully saturated rings. The van der Waals surface area contributed by atoms with E-state index in [0.29, 0.717) is 38.3 Å². The van der Waals surface area contributed by atoms with Crippen molar-refractivity contribution in [1.29, 1.82) is 0 Å². The highest BCUT2D eigenvalue weighted by atomic mass is 19.1. The molecule has 1 saturated heterocycles. The van der Waals surface area contributed by atoms with Crippen molar-refractivity contribution in [2.24, 2.45) is 0 Å². The lowest BCUT2D eigenvalue weighted by Gasteiger charge is -2.31. The molecule has 2 rings (SSSR count). The number of carbonyl (C=O) groups excluding carboxylic acids is 2. The molecule has 2 N–H and O–H groups in total. The Bertz CT molecular complexity index is 545. The van der Waals surface area contributed by atoms with Gasteiger partial charge in [-0.3, -0.25) is 9.69 Å². The van der Waals surface area contributed by atoms with Crippen LogP contribution in [-0.2, 0) is 9.53 Å². The number of quaternary nitrogens is 1. The van der Waals surface area contributed by atoms with Gasteiger partial charge in [-0.15, -0.1) is 0 Å². The number of ether oxygens (including phenoxy) is 1. The van der Waals surface area contributed by atoms with Crippen molar-refractivity contribution in [3.63, 3.8) is 0 Å². The molecule has 1 aliphatic heterocycles. The Morgan fingerprint density at radius 3 is 2.74 bits per heavy atom. The predicted octanol–water partition coefficient (Wildman–Crippen LogP) is 0.511. The highest BCUT2D eigenvalue weighted by Crippen LogP contribution is 2.09. The van der Waals surface area contributed by atoms with Crippen molar-refractivity contribution in [3.8, 4) is 0 Å². The maximum absolute atomic E-state index is 13.1. The average Bonchev–Trinajstić information content (AvgIpc) is 2.54. The topological polar surface area (TPSA) is 63.1 Å². The van der Waals surface area contributed by atoms with Gasteiger partial charge in [-0.25, -0.2) is 9.18 Å². The first-order valence-corrected chi connectivity index (χ1v) is 7.89. The molecule has 0 spiro atoms. The van der Waals surface area contributed by atoms with Crippen LogP contribution in [0.15, 0.2) is 24.3 Å². The van der Waals surface area contributed by atoms with Gasteiger partial charge in [0.25, 0.3) is 0 Å². The fourth-order valence-electron chi connectivity index (χ4n) is 2.55. The van der Waals surface area contributed by atoms with E-state index in [-0.39, 0.29) is 17.8 Å². The quantitative estimate of drug-likeness (QED) is 0.830. The second-order valence-corrected chi connectivity index (χ2v) is 5.49. The van der Waals surface area contributed by atoms with Crippen molar-refractivity contribution < 1.29 is 23.6 Å². The van der Waals surface area contributed by atoms with E-state index in [1.54, 1.807) is 24.0 Å². The molecule has 1 aromatic rings. The number of rotatable bonds is 5. The maximum Gasteiger partial charge on any atom is 0.410 e. The summed E-state index contributed by atoms with van der Waals surface area (Å²) in [6.07, 6.45) is 0.0982. The summed E-state index contributed by atoms with van der Waals surface area (Å²) in [5.74, 6) is -0.501. The van der Waals surface area contributed by atoms with Crippen molar-refractivity contribution in [3.05, 3.63) is 30.1 Å². The van der Waals surface area contributed by atoms with Crippen molar-refractivity contribution in [2.75, 3.05) is 44.6 Å². The summed E-state index contributed by atoms with van der Waals surface area (Å²) in [4.78, 5) is 26.5. The number of benzene rings is 1. The minimum atomic E-state index is -0.372. The molecule has 1 aliphatic rings. The van der Waals surface area contributed by atoms with Crippen LogP contribution in [0.5, 0.6) is 0 Å². The molecule has 1 heterocycles. The zero-order chi connectivity index (χ0) is 16.7. The molecule has 2 amide bonds. The van der Waals surface area contributed by atoms with Gasteiger partial charge in [0.05, 0.1) is 45.8 Å². The van der Waals surface area contributed by atoms with Crippen LogP contribution in [0.1, 0.15) is 13.3 Å². The Hall–Kier alpha value is -2.15. The summed E-state index contributed by atoms with van der Waals surface area (Å²) < 4.78 is 18.0. The molecule has 0 saturated carbocycles. The van der Waals surface area contributed by atoms with Gasteiger partial charge < -0.3 is 15.0 Å². The average molecular weight is 324 g/mol. The molecule has 0 unspecified atom stereocenters. The predicted molar refractivity (Wildman–Crippen MR) is 83.8 cm³/mol. The van der Waals surface area contributed by atoms with Crippen LogP contribution in [0.3, 0.4) is 0 Å². The Kier molecular flexibility index (Phi) is 6.34. The lowest BCUT2D eigenvalue weighted by molar-refractivity contribution is -0.903. The Balaban J connectivity index is 1.69. The van der Waals surface area contributed by atoms with Crippen LogP contribution in [0.2, 0.25) is 0 Å². The van der Waals surface area contributed by atoms with Gasteiger partial charge in [0, 0.05) is 5.69 Å². The highest BCUT2D eigenvalue weighted by Gasteiger charge is 2.24. The van der Waals surface area contributed by atoms with Gasteiger partial charge in [-0.05, 0) is 25.1 Å². The summed E-state index contributed by atoms with van der Waals surface area (Å²) in [7, 11) is 0. The lowest BCUT2D eigenvalue weighted by Crippen LogP contribution is -3.15. The number of hydrogen-bond donors (Lipinski definition) is 2. The van der Waals surface area contributed by atoms with E-state index >= 15 is 0 Å². The van der Waals surface area contributed by atoms with E-state index in [4.69, 9.17) is 4.74 Å². The van der Waals surface area contributed by atoms with E-state index in [2.05, 4.69) is 5.32 Å². The van der Waals surface area contributed by atoms with Crippen LogP contribution in [0.25, 0.3) is 0 Å². The third-order valence-electron chi connectivity index (χ3n) is 3.81. The van der Waals surface area contributed by atoms with Crippen LogP contribution < -0.4 is 10.2 Å². The van der Waals surface area contributed by atoms with Crippen molar-refractivity contribution in [1.82, 2.24) is 4.90 Å². The summed E-state index contributed by atoms with van der Waals surface area (Å²) in [6.45, 7) is 5.73. The minimum absolute atomic E-state index is 0.129. The Morgan fingerprint density at radius 2 is 2.09 bits per heavy atom. The monoisotopic (exact) mass is 324 g/mol. The molecule has 126 valence electrons. The first-order valence-electron chi connectivity index (χ1n) is 7.89. The van der Waals surface area contributed by atoms with Gasteiger partial charge in [-0.1, -0.05) is 6.07 Å². The largest absolute Gasteiger partial charge is 0.450 e. The zero-order valence-electron chi connectivity index (χ0n) is 13.3. The van der Waals surface area contributed by atoms with E-state index in [0.717, 1.165) is 13.1 Å². The number of carbonyl (C=O) groups is 2. The first kappa shape index (κ1) is 17.2. The van der Waals surface area contributed by atoms with Crippen LogP contribution in [0, 0.1) is 5.82 Å². The Labute approximate surface area is 135 Å². The standard InChI is InChI=1S/C16H22FN3O3/c1-2-23-16(22)20-10-8-19(9-11-20)7-6-15(21)18-14-5-3-4-13(17)12-14/h3-5,12H,2,6-11H2,1H3,(H,18,21)/p+1. The summed E-state index contributed by atoms with van der Waals surface area (Å²) in [5, 5.41) is 2.69. The number of piperazine rings is 1. The number of amides is 2. The van der Waals surface area contributed by atoms with Gasteiger partial charge >= 0.3 is 6.09 Å². The number of nitrogens with zero attached hydrogens (tertiary/aromatic N) is 1. The molecule has 0 atom stereocenters. The second-order valence-electron chi connectivity index (χ2n) is 5.49. The summed E-state index contributed by atoms with van der Waals surface area (Å²) >= 11 is 0. The zero-order valence-corrected chi connectivity index (χ0v) is 13.3. The lowest BCUT2D eigenvalue weighted by atomic mass is 10.2. The van der Waals surface area contributed by atoms with Crippen LogP contribution in [0.4, 0.5) is 14.9 Å². The van der Waals surface area contributed by atoms with E-state index in [9.17, 15) is 14.0 Å². The number of hydrogen-bond acceptors (Lipinski definition) is 3. The highest BCUT2D eigenvalue weighted by molar-refractivity contribution is 5.90. The van der Waals surface area contributed by atoms with Crippen molar-refractivity contribution >= 4 is 17.7 Å². The first-order chi connectivity index (χ1) is 11.1. The van der Waals surface area contributed by atoms with Gasteiger partial charge in [0.1, 0.15) is 5.82 Å². The van der Waals surface area contributed by atoms with Gasteiger partial charge in [0.15, 0.2) is 0 Å². The van der Waals surface area contributed by atoms with Gasteiger partial charge in [-0.2, -0.15) is 0 Å². The second kappa shape index (κ2) is 8.47. The molecule has 1 aromatic carbocycles. The van der Waals surface area contributed by atoms with Crippen LogP contribution in [-0.4, -0.2) is 56.2 Å². The number of anilines is 1. The van der Waals surface area contributed by atoms with Gasteiger partial charge in [0.2, 0.25) is 5.91 Å². The summed E-state index contributed by atoms with van der Waals surface area (Å²) in [6, 6.07) is 5.85. The van der Waals surface area contributed by atoms with E-state index in [1.807, 2.05) is 0 Å².